The Hall–Kier alpha value is -3.52. The first-order chi connectivity index (χ1) is 20.9. The maximum absolute atomic E-state index is 5.99. The van der Waals surface area contributed by atoms with Crippen LogP contribution in [0, 0.1) is 0 Å². The molecule has 2 aliphatic heterocycles. The monoisotopic (exact) mass is 614 g/mol. The normalized spacial score (nSPS) is 18.6. The van der Waals surface area contributed by atoms with Gasteiger partial charge in [-0.15, -0.1) is 0 Å². The molecule has 0 aromatic carbocycles. The zero-order valence-electron chi connectivity index (χ0n) is 25.4. The van der Waals surface area contributed by atoms with Crippen LogP contribution >= 0.6 is 11.6 Å². The van der Waals surface area contributed by atoms with Gasteiger partial charge >= 0.3 is 0 Å². The average Bonchev–Trinajstić information content (AvgIpc) is 3.01. The highest BCUT2D eigenvalue weighted by Gasteiger charge is 2.23. The van der Waals surface area contributed by atoms with Crippen LogP contribution in [0.4, 0.5) is 11.6 Å². The predicted molar refractivity (Wildman–Crippen MR) is 168 cm³/mol. The molecule has 0 aliphatic carbocycles. The second-order valence-corrected chi connectivity index (χ2v) is 10.9. The molecule has 3 aromatic rings. The minimum atomic E-state index is 0.330. The van der Waals surface area contributed by atoms with Crippen molar-refractivity contribution < 1.29 is 14.2 Å². The summed E-state index contributed by atoms with van der Waals surface area (Å²) < 4.78 is 17.4. The Morgan fingerprint density at radius 3 is 2.02 bits per heavy atom. The summed E-state index contributed by atoms with van der Waals surface area (Å²) in [5, 5.41) is 7.19. The Morgan fingerprint density at radius 2 is 1.35 bits per heavy atom. The lowest BCUT2D eigenvalue weighted by Crippen LogP contribution is -2.50. The fourth-order valence-corrected chi connectivity index (χ4v) is 4.86. The van der Waals surface area contributed by atoms with Crippen molar-refractivity contribution >= 4 is 23.2 Å². The minimum Gasteiger partial charge on any atom is -0.484 e. The standard InChI is InChI=1S/C20H30N6O3.C9H13ClN4/c1-16-15-21-9-10-26(16)18-20(24-8-7-22-18)29-14-13-27-17-5-4-6-23-19(17)28-12-11-25(2)3;1-7-6-11-4-5-14(7)9-8(10)12-2-3-13-9/h4-8,16,21H,9-15H2,1-3H3;2-3,7,11H,4-6H2,1H3/t16-;7-/m11/s1. The van der Waals surface area contributed by atoms with Crippen molar-refractivity contribution in [1.82, 2.24) is 40.5 Å². The van der Waals surface area contributed by atoms with Gasteiger partial charge in [-0.1, -0.05) is 11.6 Å². The van der Waals surface area contributed by atoms with Crippen LogP contribution in [0.2, 0.25) is 5.15 Å². The van der Waals surface area contributed by atoms with E-state index in [9.17, 15) is 0 Å². The zero-order valence-corrected chi connectivity index (χ0v) is 26.2. The van der Waals surface area contributed by atoms with E-state index >= 15 is 0 Å². The molecule has 2 saturated heterocycles. The van der Waals surface area contributed by atoms with E-state index in [1.165, 1.54) is 0 Å². The van der Waals surface area contributed by atoms with Crippen LogP contribution in [-0.4, -0.2) is 122 Å². The van der Waals surface area contributed by atoms with E-state index in [1.807, 2.05) is 26.2 Å². The fraction of sp³-hybridized carbons (Fsp3) is 0.552. The highest BCUT2D eigenvalue weighted by atomic mass is 35.5. The first-order valence-electron chi connectivity index (χ1n) is 14.6. The quantitative estimate of drug-likeness (QED) is 0.306. The van der Waals surface area contributed by atoms with Gasteiger partial charge in [0.2, 0.25) is 0 Å². The van der Waals surface area contributed by atoms with E-state index in [0.717, 1.165) is 57.4 Å². The van der Waals surface area contributed by atoms with E-state index in [4.69, 9.17) is 25.8 Å². The van der Waals surface area contributed by atoms with Gasteiger partial charge in [0.15, 0.2) is 22.5 Å². The Balaban J connectivity index is 0.000000251. The molecule has 234 valence electrons. The third-order valence-corrected chi connectivity index (χ3v) is 7.19. The van der Waals surface area contributed by atoms with Crippen LogP contribution in [0.25, 0.3) is 0 Å². The van der Waals surface area contributed by atoms with E-state index in [2.05, 4.69) is 64.1 Å². The van der Waals surface area contributed by atoms with Crippen LogP contribution in [0.3, 0.4) is 0 Å². The Bertz CT molecular complexity index is 1260. The topological polar surface area (TPSA) is 126 Å². The molecule has 2 fully saturated rings. The number of nitrogens with one attached hydrogen (secondary N) is 2. The average molecular weight is 615 g/mol. The lowest BCUT2D eigenvalue weighted by atomic mass is 10.2. The Morgan fingerprint density at radius 1 is 0.767 bits per heavy atom. The third-order valence-electron chi connectivity index (χ3n) is 6.92. The summed E-state index contributed by atoms with van der Waals surface area (Å²) in [6.45, 7) is 11.9. The molecule has 14 heteroatoms. The van der Waals surface area contributed by atoms with Crippen molar-refractivity contribution in [3.05, 3.63) is 48.3 Å². The van der Waals surface area contributed by atoms with Gasteiger partial charge in [-0.2, -0.15) is 0 Å². The van der Waals surface area contributed by atoms with Crippen LogP contribution < -0.4 is 34.6 Å². The van der Waals surface area contributed by atoms with E-state index in [0.29, 0.717) is 54.6 Å². The largest absolute Gasteiger partial charge is 0.484 e. The molecule has 13 nitrogen and oxygen atoms in total. The Labute approximate surface area is 259 Å². The molecule has 2 atom stereocenters. The van der Waals surface area contributed by atoms with Gasteiger partial charge < -0.3 is 39.5 Å². The number of ether oxygens (including phenoxy) is 3. The summed E-state index contributed by atoms with van der Waals surface area (Å²) >= 11 is 5.99. The summed E-state index contributed by atoms with van der Waals surface area (Å²) in [6.07, 6.45) is 8.31. The lowest BCUT2D eigenvalue weighted by Gasteiger charge is -2.35. The van der Waals surface area contributed by atoms with Crippen LogP contribution in [0.5, 0.6) is 17.5 Å². The summed E-state index contributed by atoms with van der Waals surface area (Å²) in [5.74, 6) is 3.19. The molecule has 5 rings (SSSR count). The van der Waals surface area contributed by atoms with Crippen molar-refractivity contribution in [1.29, 1.82) is 0 Å². The summed E-state index contributed by atoms with van der Waals surface area (Å²) in [4.78, 5) is 27.8. The number of halogens is 1. The summed E-state index contributed by atoms with van der Waals surface area (Å²) in [7, 11) is 4.00. The highest BCUT2D eigenvalue weighted by Crippen LogP contribution is 2.26. The van der Waals surface area contributed by atoms with Gasteiger partial charge in [-0.3, -0.25) is 0 Å². The number of aromatic nitrogens is 5. The molecule has 0 amide bonds. The number of piperazine rings is 2. The maximum Gasteiger partial charge on any atom is 0.257 e. The number of nitrogens with zero attached hydrogens (tertiary/aromatic N) is 8. The van der Waals surface area contributed by atoms with Crippen LogP contribution in [-0.2, 0) is 0 Å². The molecule has 0 saturated carbocycles. The van der Waals surface area contributed by atoms with E-state index < -0.39 is 0 Å². The SMILES string of the molecule is C[C@@H]1CNCCN1c1nccnc1Cl.C[C@@H]1CNCCN1c1nccnc1OCCOc1cccnc1OCCN(C)C. The molecule has 2 aliphatic rings. The van der Waals surface area contributed by atoms with Crippen molar-refractivity contribution in [3.63, 3.8) is 0 Å². The van der Waals surface area contributed by atoms with Gasteiger partial charge in [0.1, 0.15) is 19.8 Å². The second kappa shape index (κ2) is 16.9. The Kier molecular flexibility index (Phi) is 12.8. The molecule has 2 N–H and O–H groups in total. The zero-order chi connectivity index (χ0) is 30.4. The van der Waals surface area contributed by atoms with Gasteiger partial charge in [0.25, 0.3) is 11.8 Å². The van der Waals surface area contributed by atoms with Gasteiger partial charge in [-0.05, 0) is 40.1 Å². The molecule has 0 spiro atoms. The van der Waals surface area contributed by atoms with Crippen molar-refractivity contribution in [2.24, 2.45) is 0 Å². The highest BCUT2D eigenvalue weighted by molar-refractivity contribution is 6.31. The predicted octanol–water partition coefficient (Wildman–Crippen LogP) is 2.00. The van der Waals surface area contributed by atoms with Gasteiger partial charge in [-0.25, -0.2) is 24.9 Å². The van der Waals surface area contributed by atoms with Crippen molar-refractivity contribution in [3.8, 4) is 17.5 Å². The van der Waals surface area contributed by atoms with Crippen molar-refractivity contribution in [2.75, 3.05) is 89.5 Å². The van der Waals surface area contributed by atoms with Crippen molar-refractivity contribution in [2.45, 2.75) is 25.9 Å². The number of hydrogen-bond donors (Lipinski definition) is 2. The lowest BCUT2D eigenvalue weighted by molar-refractivity contribution is 0.195. The third kappa shape index (κ3) is 9.75. The smallest absolute Gasteiger partial charge is 0.257 e. The van der Waals surface area contributed by atoms with E-state index in [1.54, 1.807) is 31.0 Å². The number of rotatable bonds is 11. The maximum atomic E-state index is 5.99. The summed E-state index contributed by atoms with van der Waals surface area (Å²) in [5.41, 5.74) is 0. The molecule has 5 heterocycles. The number of pyridine rings is 1. The molecule has 0 radical (unpaired) electrons. The number of likely N-dealkylation sites (N-methyl/N-ethyl adjacent to an activating group) is 1. The molecule has 3 aromatic heterocycles. The number of anilines is 2. The fourth-order valence-electron chi connectivity index (χ4n) is 4.64. The van der Waals surface area contributed by atoms with E-state index in [-0.39, 0.29) is 0 Å². The molecule has 0 bridgehead atoms. The molecule has 0 unspecified atom stereocenters. The summed E-state index contributed by atoms with van der Waals surface area (Å²) in [6, 6.07) is 4.41. The second-order valence-electron chi connectivity index (χ2n) is 10.5. The van der Waals surface area contributed by atoms with Crippen LogP contribution in [0.1, 0.15) is 13.8 Å². The van der Waals surface area contributed by atoms with Crippen LogP contribution in [0.15, 0.2) is 43.1 Å². The van der Waals surface area contributed by atoms with Gasteiger partial charge in [0, 0.05) is 88.9 Å². The number of hydrogen-bond acceptors (Lipinski definition) is 13. The molecular weight excluding hydrogens is 572 g/mol. The molecule has 43 heavy (non-hydrogen) atoms. The first-order valence-corrected chi connectivity index (χ1v) is 15.0. The van der Waals surface area contributed by atoms with Gasteiger partial charge in [0.05, 0.1) is 0 Å². The first kappa shape index (κ1) is 32.4. The minimum absolute atomic E-state index is 0.330. The molecular formula is C29H43ClN10O3.